The van der Waals surface area contributed by atoms with Crippen LogP contribution in [0.1, 0.15) is 6.92 Å². The summed E-state index contributed by atoms with van der Waals surface area (Å²) in [6.07, 6.45) is 2.15. The standard InChI is InChI=1S/C20H18FN5O3/c1-13(27)23-11-15-12-25(20(28)29-15)14-5-6-18(16(21)10-14)26-19(7-9-24-26)17-4-2-3-8-22-17/h2-10,15H,11-12H2,1H3,(H,23,27). The van der Waals surface area contributed by atoms with Gasteiger partial charge < -0.3 is 10.1 Å². The summed E-state index contributed by atoms with van der Waals surface area (Å²) in [6, 6.07) is 11.7. The summed E-state index contributed by atoms with van der Waals surface area (Å²) >= 11 is 0. The first-order chi connectivity index (χ1) is 14.0. The normalized spacial score (nSPS) is 16.0. The molecule has 1 aromatic carbocycles. The van der Waals surface area contributed by atoms with Crippen LogP contribution in [0.3, 0.4) is 0 Å². The van der Waals surface area contributed by atoms with Crippen molar-refractivity contribution in [1.29, 1.82) is 0 Å². The van der Waals surface area contributed by atoms with E-state index in [1.54, 1.807) is 36.7 Å². The molecule has 1 saturated heterocycles. The lowest BCUT2D eigenvalue weighted by atomic mass is 10.2. The van der Waals surface area contributed by atoms with Crippen molar-refractivity contribution in [1.82, 2.24) is 20.1 Å². The van der Waals surface area contributed by atoms with Crippen molar-refractivity contribution in [2.75, 3.05) is 18.0 Å². The molecule has 4 rings (SSSR count). The van der Waals surface area contributed by atoms with Gasteiger partial charge in [-0.3, -0.25) is 14.7 Å². The summed E-state index contributed by atoms with van der Waals surface area (Å²) < 4.78 is 21.6. The maximum atomic E-state index is 14.9. The maximum Gasteiger partial charge on any atom is 0.414 e. The molecule has 1 N–H and O–H groups in total. The fourth-order valence-electron chi connectivity index (χ4n) is 3.14. The smallest absolute Gasteiger partial charge is 0.414 e. The molecule has 1 fully saturated rings. The van der Waals surface area contributed by atoms with Crippen molar-refractivity contribution < 1.29 is 18.7 Å². The zero-order valence-electron chi connectivity index (χ0n) is 15.6. The first-order valence-corrected chi connectivity index (χ1v) is 9.01. The van der Waals surface area contributed by atoms with Crippen LogP contribution >= 0.6 is 0 Å². The van der Waals surface area contributed by atoms with E-state index in [0.717, 1.165) is 0 Å². The third kappa shape index (κ3) is 3.79. The number of amides is 2. The van der Waals surface area contributed by atoms with Crippen LogP contribution in [0.15, 0.2) is 54.9 Å². The topological polar surface area (TPSA) is 89.4 Å². The molecule has 9 heteroatoms. The molecule has 3 heterocycles. The Kier molecular flexibility index (Phi) is 4.94. The molecule has 148 valence electrons. The lowest BCUT2D eigenvalue weighted by Gasteiger charge is -2.15. The summed E-state index contributed by atoms with van der Waals surface area (Å²) in [6.45, 7) is 1.81. The van der Waals surface area contributed by atoms with Gasteiger partial charge >= 0.3 is 6.09 Å². The number of hydrogen-bond donors (Lipinski definition) is 1. The molecule has 0 saturated carbocycles. The highest BCUT2D eigenvalue weighted by molar-refractivity contribution is 5.90. The number of halogens is 1. The van der Waals surface area contributed by atoms with E-state index in [-0.39, 0.29) is 24.7 Å². The van der Waals surface area contributed by atoms with Crippen LogP contribution in [-0.4, -0.2) is 46.0 Å². The molecule has 0 bridgehead atoms. The van der Waals surface area contributed by atoms with Gasteiger partial charge in [0.25, 0.3) is 0 Å². The van der Waals surface area contributed by atoms with E-state index in [9.17, 15) is 14.0 Å². The summed E-state index contributed by atoms with van der Waals surface area (Å²) in [5, 5.41) is 6.82. The predicted octanol–water partition coefficient (Wildman–Crippen LogP) is 2.53. The van der Waals surface area contributed by atoms with Gasteiger partial charge in [0, 0.05) is 13.1 Å². The number of anilines is 1. The number of nitrogens with one attached hydrogen (secondary N) is 1. The fourth-order valence-corrected chi connectivity index (χ4v) is 3.14. The predicted molar refractivity (Wildman–Crippen MR) is 103 cm³/mol. The van der Waals surface area contributed by atoms with Crippen LogP contribution in [0.5, 0.6) is 0 Å². The highest BCUT2D eigenvalue weighted by Crippen LogP contribution is 2.27. The summed E-state index contributed by atoms with van der Waals surface area (Å²) in [4.78, 5) is 28.8. The zero-order chi connectivity index (χ0) is 20.4. The van der Waals surface area contributed by atoms with Crippen LogP contribution in [0.25, 0.3) is 17.1 Å². The van der Waals surface area contributed by atoms with E-state index in [1.165, 1.54) is 22.6 Å². The molecule has 2 aromatic heterocycles. The van der Waals surface area contributed by atoms with Gasteiger partial charge in [-0.1, -0.05) is 6.07 Å². The van der Waals surface area contributed by atoms with Gasteiger partial charge in [-0.25, -0.2) is 13.9 Å². The Bertz CT molecular complexity index is 1050. The van der Waals surface area contributed by atoms with Crippen LogP contribution in [0, 0.1) is 5.82 Å². The number of benzene rings is 1. The maximum absolute atomic E-state index is 14.9. The number of aromatic nitrogens is 3. The van der Waals surface area contributed by atoms with E-state index in [0.29, 0.717) is 17.1 Å². The Labute approximate surface area is 165 Å². The highest BCUT2D eigenvalue weighted by atomic mass is 19.1. The first-order valence-electron chi connectivity index (χ1n) is 9.01. The second kappa shape index (κ2) is 7.70. The lowest BCUT2D eigenvalue weighted by molar-refractivity contribution is -0.119. The lowest BCUT2D eigenvalue weighted by Crippen LogP contribution is -2.33. The van der Waals surface area contributed by atoms with E-state index in [1.807, 2.05) is 12.1 Å². The second-order valence-corrected chi connectivity index (χ2v) is 6.53. The molecule has 1 aliphatic heterocycles. The number of hydrogen-bond acceptors (Lipinski definition) is 5. The minimum atomic E-state index is -0.583. The van der Waals surface area contributed by atoms with Crippen molar-refractivity contribution in [2.45, 2.75) is 13.0 Å². The summed E-state index contributed by atoms with van der Waals surface area (Å²) in [5.74, 6) is -0.751. The van der Waals surface area contributed by atoms with Crippen LogP contribution in [0.4, 0.5) is 14.9 Å². The van der Waals surface area contributed by atoms with E-state index in [4.69, 9.17) is 4.74 Å². The fraction of sp³-hybridized carbons (Fsp3) is 0.200. The molecule has 1 atom stereocenters. The van der Waals surface area contributed by atoms with Crippen molar-refractivity contribution in [3.63, 3.8) is 0 Å². The number of rotatable bonds is 5. The van der Waals surface area contributed by atoms with Crippen molar-refractivity contribution >= 4 is 17.7 Å². The van der Waals surface area contributed by atoms with E-state index in [2.05, 4.69) is 15.4 Å². The number of ether oxygens (including phenoxy) is 1. The molecule has 3 aromatic rings. The van der Waals surface area contributed by atoms with Crippen LogP contribution in [0.2, 0.25) is 0 Å². The Hall–Kier alpha value is -3.75. The van der Waals surface area contributed by atoms with Crippen molar-refractivity contribution in [2.24, 2.45) is 0 Å². The van der Waals surface area contributed by atoms with Gasteiger partial charge in [0.05, 0.1) is 36.4 Å². The summed E-state index contributed by atoms with van der Waals surface area (Å²) in [5.41, 5.74) is 1.92. The van der Waals surface area contributed by atoms with Crippen LogP contribution in [-0.2, 0) is 9.53 Å². The minimum absolute atomic E-state index is 0.207. The third-order valence-electron chi connectivity index (χ3n) is 4.49. The summed E-state index contributed by atoms with van der Waals surface area (Å²) in [7, 11) is 0. The Balaban J connectivity index is 1.58. The molecular formula is C20H18FN5O3. The van der Waals surface area contributed by atoms with Gasteiger partial charge in [-0.05, 0) is 36.4 Å². The van der Waals surface area contributed by atoms with E-state index < -0.39 is 18.0 Å². The van der Waals surface area contributed by atoms with Crippen LogP contribution < -0.4 is 10.2 Å². The first kappa shape index (κ1) is 18.6. The quantitative estimate of drug-likeness (QED) is 0.717. The molecule has 8 nitrogen and oxygen atoms in total. The Morgan fingerprint density at radius 2 is 2.14 bits per heavy atom. The monoisotopic (exact) mass is 395 g/mol. The molecule has 0 spiro atoms. The molecule has 0 radical (unpaired) electrons. The number of carbonyl (C=O) groups is 2. The highest BCUT2D eigenvalue weighted by Gasteiger charge is 2.32. The average molecular weight is 395 g/mol. The van der Waals surface area contributed by atoms with Gasteiger partial charge in [0.15, 0.2) is 5.82 Å². The molecular weight excluding hydrogens is 377 g/mol. The van der Waals surface area contributed by atoms with Crippen molar-refractivity contribution in [3.05, 3.63) is 60.7 Å². The SMILES string of the molecule is CC(=O)NCC1CN(c2ccc(-n3nccc3-c3ccccn3)c(F)c2)C(=O)O1. The van der Waals surface area contributed by atoms with Gasteiger partial charge in [0.2, 0.25) is 5.91 Å². The molecule has 1 aliphatic rings. The van der Waals surface area contributed by atoms with Gasteiger partial charge in [0.1, 0.15) is 11.8 Å². The number of carbonyl (C=O) groups excluding carboxylic acids is 2. The molecule has 1 unspecified atom stereocenters. The minimum Gasteiger partial charge on any atom is -0.442 e. The molecule has 29 heavy (non-hydrogen) atoms. The largest absolute Gasteiger partial charge is 0.442 e. The molecule has 0 aliphatic carbocycles. The average Bonchev–Trinajstić information content (AvgIpc) is 3.33. The zero-order valence-corrected chi connectivity index (χ0v) is 15.6. The number of pyridine rings is 1. The third-order valence-corrected chi connectivity index (χ3v) is 4.49. The number of nitrogens with zero attached hydrogens (tertiary/aromatic N) is 4. The number of cyclic esters (lactones) is 1. The molecule has 2 amide bonds. The van der Waals surface area contributed by atoms with Gasteiger partial charge in [-0.2, -0.15) is 5.10 Å². The second-order valence-electron chi connectivity index (χ2n) is 6.53. The Morgan fingerprint density at radius 3 is 2.86 bits per heavy atom. The van der Waals surface area contributed by atoms with E-state index >= 15 is 0 Å². The Morgan fingerprint density at radius 1 is 1.28 bits per heavy atom. The van der Waals surface area contributed by atoms with Crippen molar-refractivity contribution in [3.8, 4) is 17.1 Å². The van der Waals surface area contributed by atoms with Gasteiger partial charge in [-0.15, -0.1) is 0 Å².